The third kappa shape index (κ3) is 21.2. The molecule has 5 atom stereocenters. The molecule has 102 heavy (non-hydrogen) atoms. The molecule has 0 aromatic heterocycles. The number of ether oxygens (including phenoxy) is 5. The van der Waals surface area contributed by atoms with E-state index >= 15 is 0 Å². The summed E-state index contributed by atoms with van der Waals surface area (Å²) in [5.74, 6) is -1.15. The van der Waals surface area contributed by atoms with Crippen LogP contribution in [0.3, 0.4) is 0 Å². The van der Waals surface area contributed by atoms with E-state index < -0.39 is 48.1 Å². The molecule has 0 saturated carbocycles. The predicted octanol–water partition coefficient (Wildman–Crippen LogP) is 9.83. The fraction of sp³-hybridized carbons (Fsp3) is 0.296. The number of aliphatic imine (C=N–C) groups is 5. The summed E-state index contributed by atoms with van der Waals surface area (Å²) in [6.45, 7) is 19.0. The van der Waals surface area contributed by atoms with Crippen LogP contribution in [0, 0.1) is 0 Å². The fourth-order valence-corrected chi connectivity index (χ4v) is 11.6. The van der Waals surface area contributed by atoms with Gasteiger partial charge in [0.1, 0.15) is 41.7 Å². The number of carbonyl (C=O) groups is 5. The monoisotopic (exact) mass is 1480 g/mol. The van der Waals surface area contributed by atoms with Gasteiger partial charge in [-0.1, -0.05) is 126 Å². The number of aromatic hydroxyl groups is 2. The molecule has 0 bridgehead atoms. The Labute approximate surface area is 610 Å². The third-order valence-electron chi connectivity index (χ3n) is 15.0. The first-order valence-electron chi connectivity index (χ1n) is 32.1. The van der Waals surface area contributed by atoms with E-state index in [-0.39, 0.29) is 66.2 Å². The molecular weight excluding hydrogens is 1400 g/mol. The van der Waals surface area contributed by atoms with E-state index in [2.05, 4.69) is 51.5 Å². The summed E-state index contributed by atoms with van der Waals surface area (Å²) in [7, 11) is 0. The normalized spacial score (nSPS) is 18.2. The number of benzene rings is 5. The van der Waals surface area contributed by atoms with Crippen LogP contribution < -0.4 is 55.3 Å². The van der Waals surface area contributed by atoms with Crippen molar-refractivity contribution in [3.05, 3.63) is 220 Å². The van der Waals surface area contributed by atoms with E-state index in [4.69, 9.17) is 98.8 Å². The molecule has 5 aromatic carbocycles. The molecule has 5 aliphatic rings. The molecule has 0 amide bonds. The van der Waals surface area contributed by atoms with Crippen LogP contribution in [0.1, 0.15) is 134 Å². The first-order valence-corrected chi connectivity index (χ1v) is 33.6. The molecule has 5 aromatic rings. The number of nitrogens with two attached hydrogens (primary N) is 5. The van der Waals surface area contributed by atoms with Gasteiger partial charge in [0.15, 0.2) is 29.8 Å². The highest BCUT2D eigenvalue weighted by Crippen LogP contribution is 2.41. The van der Waals surface area contributed by atoms with Crippen LogP contribution in [0.4, 0.5) is 0 Å². The summed E-state index contributed by atoms with van der Waals surface area (Å²) >= 11 is 23.9. The first kappa shape index (κ1) is 80.2. The van der Waals surface area contributed by atoms with Crippen molar-refractivity contribution in [3.8, 4) is 11.5 Å². The van der Waals surface area contributed by atoms with Gasteiger partial charge in [0.05, 0.1) is 65.9 Å². The van der Waals surface area contributed by atoms with Crippen molar-refractivity contribution in [3.63, 3.8) is 0 Å². The van der Waals surface area contributed by atoms with Gasteiger partial charge in [-0.25, -0.2) is 48.9 Å². The summed E-state index contributed by atoms with van der Waals surface area (Å²) < 4.78 is 25.4. The minimum Gasteiger partial charge on any atom is -0.508 e. The Bertz CT molecular complexity index is 4170. The van der Waals surface area contributed by atoms with E-state index in [1.165, 1.54) is 6.07 Å². The van der Waals surface area contributed by atoms with Crippen LogP contribution in [-0.4, -0.2) is 103 Å². The third-order valence-corrected chi connectivity index (χ3v) is 16.0. The van der Waals surface area contributed by atoms with Gasteiger partial charge < -0.3 is 89.1 Å². The Hall–Kier alpha value is -10.7. The number of para-hydroxylation sites is 1. The molecule has 0 spiro atoms. The lowest BCUT2D eigenvalue weighted by atomic mass is 9.95. The Morgan fingerprint density at radius 2 is 0.716 bits per heavy atom. The average Bonchev–Trinajstić information content (AvgIpc) is 0.857. The zero-order valence-corrected chi connectivity index (χ0v) is 60.7. The number of carbonyl (C=O) groups excluding carboxylic acids is 5. The maximum atomic E-state index is 12.2. The highest BCUT2D eigenvalue weighted by Gasteiger charge is 2.36. The number of hydrogen-bond acceptors (Lipinski definition) is 27. The SMILES string of the molecule is CCOC(=O)C1=C(C)NC(N)=NC1c1cc(Cl)cc(Cl)c1.CCOC(=O)C1=C(C)NC(N)=NC1c1cc(Cl)ccc1O.CCOC(=O)C1=C(C)NC(N)=NC1c1cccc(Cl)c1O.CCOC(=O)C1=C(C)NC(N)=NC1c1ccccc1.CCOC(=O)C1=C(CC)NC(N)=NC1c1ccccc1. The fourth-order valence-electron chi connectivity index (χ4n) is 10.7. The number of hydrogen-bond donors (Lipinski definition) is 12. The second-order valence-corrected chi connectivity index (χ2v) is 23.8. The van der Waals surface area contributed by atoms with E-state index in [0.29, 0.717) is 114 Å². The molecule has 5 unspecified atom stereocenters. The second-order valence-electron chi connectivity index (χ2n) is 22.1. The average molecular weight is 1480 g/mol. The molecule has 5 aliphatic heterocycles. The van der Waals surface area contributed by atoms with Crippen LogP contribution in [0.2, 0.25) is 20.1 Å². The summed E-state index contributed by atoms with van der Waals surface area (Å²) in [5, 5.41) is 35.9. The van der Waals surface area contributed by atoms with Gasteiger partial charge in [-0.05, 0) is 128 Å². The molecule has 0 radical (unpaired) electrons. The van der Waals surface area contributed by atoms with E-state index in [9.17, 15) is 34.2 Å². The molecule has 0 aliphatic carbocycles. The van der Waals surface area contributed by atoms with Crippen LogP contribution in [0.5, 0.6) is 11.5 Å². The quantitative estimate of drug-likeness (QED) is 0.0323. The van der Waals surface area contributed by atoms with Gasteiger partial charge in [0.2, 0.25) is 0 Å². The van der Waals surface area contributed by atoms with Crippen molar-refractivity contribution >= 4 is 106 Å². The zero-order valence-electron chi connectivity index (χ0n) is 57.7. The van der Waals surface area contributed by atoms with Crippen molar-refractivity contribution in [2.24, 2.45) is 53.6 Å². The number of phenols is 2. The highest BCUT2D eigenvalue weighted by atomic mass is 35.5. The summed E-state index contributed by atoms with van der Waals surface area (Å²) in [5.41, 5.74) is 37.2. The number of guanidine groups is 5. The Morgan fingerprint density at radius 3 is 1.10 bits per heavy atom. The van der Waals surface area contributed by atoms with Gasteiger partial charge in [0, 0.05) is 54.7 Å². The van der Waals surface area contributed by atoms with E-state index in [0.717, 1.165) is 16.8 Å². The first-order chi connectivity index (χ1) is 48.6. The molecule has 27 nitrogen and oxygen atoms in total. The smallest absolute Gasteiger partial charge is 0.338 e. The van der Waals surface area contributed by atoms with Gasteiger partial charge in [-0.15, -0.1) is 0 Å². The number of allylic oxidation sites excluding steroid dienone is 5. The van der Waals surface area contributed by atoms with Crippen molar-refractivity contribution < 1.29 is 57.9 Å². The largest absolute Gasteiger partial charge is 0.508 e. The second kappa shape index (κ2) is 38.2. The maximum Gasteiger partial charge on any atom is 0.338 e. The Morgan fingerprint density at radius 1 is 0.382 bits per heavy atom. The molecule has 17 N–H and O–H groups in total. The summed E-state index contributed by atoms with van der Waals surface area (Å²) in [6.07, 6.45) is 0.660. The van der Waals surface area contributed by atoms with Crippen LogP contribution in [0.15, 0.2) is 197 Å². The van der Waals surface area contributed by atoms with Gasteiger partial charge in [-0.2, -0.15) is 0 Å². The number of nitrogens with zero attached hydrogens (tertiary/aromatic N) is 5. The molecule has 542 valence electrons. The highest BCUT2D eigenvalue weighted by molar-refractivity contribution is 6.34. The number of halogens is 4. The van der Waals surface area contributed by atoms with Crippen molar-refractivity contribution in [1.82, 2.24) is 26.6 Å². The van der Waals surface area contributed by atoms with Crippen molar-refractivity contribution in [1.29, 1.82) is 0 Å². The van der Waals surface area contributed by atoms with Crippen LogP contribution in [-0.2, 0) is 47.7 Å². The summed E-state index contributed by atoms with van der Waals surface area (Å²) in [4.78, 5) is 82.1. The van der Waals surface area contributed by atoms with Gasteiger partial charge in [-0.3, -0.25) is 0 Å². The predicted molar refractivity (Wildman–Crippen MR) is 394 cm³/mol. The van der Waals surface area contributed by atoms with Crippen LogP contribution >= 0.6 is 46.4 Å². The number of rotatable bonds is 16. The molecular formula is C71H83Cl4N15O12. The lowest BCUT2D eigenvalue weighted by molar-refractivity contribution is -0.139. The van der Waals surface area contributed by atoms with E-state index in [1.807, 2.05) is 67.6 Å². The number of esters is 5. The summed E-state index contributed by atoms with van der Waals surface area (Å²) in [6, 6.07) is 30.6. The number of nitrogens with one attached hydrogen (secondary N) is 5. The molecule has 31 heteroatoms. The van der Waals surface area contributed by atoms with Gasteiger partial charge >= 0.3 is 29.8 Å². The lowest BCUT2D eigenvalue weighted by Gasteiger charge is -2.25. The maximum absolute atomic E-state index is 12.2. The molecule has 5 heterocycles. The Kier molecular flexibility index (Phi) is 30.0. The Balaban J connectivity index is 0.000000201. The molecule has 0 fully saturated rings. The lowest BCUT2D eigenvalue weighted by Crippen LogP contribution is -2.38. The van der Waals surface area contributed by atoms with Crippen molar-refractivity contribution in [2.45, 2.75) is 106 Å². The topological polar surface area (TPSA) is 424 Å². The zero-order chi connectivity index (χ0) is 75.1. The molecule has 0 saturated heterocycles. The molecule has 10 rings (SSSR count). The van der Waals surface area contributed by atoms with Crippen LogP contribution in [0.25, 0.3) is 0 Å². The minimum atomic E-state index is -0.760. The van der Waals surface area contributed by atoms with Gasteiger partial charge in [0.25, 0.3) is 0 Å². The minimum absolute atomic E-state index is 0.0163. The number of phenolic OH excluding ortho intramolecular Hbond substituents is 2. The van der Waals surface area contributed by atoms with E-state index in [1.54, 1.807) is 111 Å². The van der Waals surface area contributed by atoms with Crippen molar-refractivity contribution in [2.75, 3.05) is 33.0 Å². The standard InChI is InChI=1S/C15H19N3O2.C14H15Cl2N3O2.2C14H16ClN3O3.C14H17N3O2/c1-3-11-12(14(19)20-4-2)13(18-15(16)17-11)10-8-6-5-7-9-10;1-3-21-13(20)11-7(2)18-14(17)19-12(11)8-4-9(15)6-10(16)5-8;1-3-21-13(20)11-7(2)17-14(16)18-12(11)9-6-8(15)4-5-10(9)19;1-3-21-13(20)10-7(2)17-14(16)18-11(10)8-5-4-6-9(15)12(8)19;1-3-19-13(18)11-9(2)16-14(15)17-12(11)10-7-5-4-6-8-10/h5-9,13H,3-4H2,1-2H3,(H3,16,17,18);4-6,12H,3H2,1-2H3,(H3,17,18,19);4-6,12,19H,3H2,1-2H3,(H3,16,17,18);4-6,11,19H,3H2,1-2H3,(H3,16,17,18);4-8,12H,3H2,1-2H3,(H3,15,16,17).